The summed E-state index contributed by atoms with van der Waals surface area (Å²) in [4.78, 5) is 42.0. The van der Waals surface area contributed by atoms with Gasteiger partial charge in [-0.3, -0.25) is 19.3 Å². The van der Waals surface area contributed by atoms with E-state index in [1.54, 1.807) is 25.7 Å². The smallest absolute Gasteiger partial charge is 0.285 e. The minimum absolute atomic E-state index is 0.0661. The van der Waals surface area contributed by atoms with Gasteiger partial charge in [0.1, 0.15) is 5.54 Å². The van der Waals surface area contributed by atoms with Gasteiger partial charge in [-0.1, -0.05) is 12.1 Å². The van der Waals surface area contributed by atoms with Gasteiger partial charge in [0, 0.05) is 6.92 Å². The van der Waals surface area contributed by atoms with E-state index < -0.39 is 5.54 Å². The molecular weight excluding hydrogens is 332 g/mol. The van der Waals surface area contributed by atoms with Gasteiger partial charge in [0.25, 0.3) is 5.91 Å². The first kappa shape index (κ1) is 18.4. The summed E-state index contributed by atoms with van der Waals surface area (Å²) < 4.78 is 0. The van der Waals surface area contributed by atoms with E-state index in [0.717, 1.165) is 23.7 Å². The van der Waals surface area contributed by atoms with Gasteiger partial charge < -0.3 is 15.1 Å². The van der Waals surface area contributed by atoms with Gasteiger partial charge in [0.2, 0.25) is 11.8 Å². The summed E-state index contributed by atoms with van der Waals surface area (Å²) >= 11 is 0. The lowest BCUT2D eigenvalue weighted by Crippen LogP contribution is -3.19. The number of hydrogen-bond acceptors (Lipinski definition) is 3. The average molecular weight is 359 g/mol. The molecule has 26 heavy (non-hydrogen) atoms. The zero-order valence-corrected chi connectivity index (χ0v) is 15.8. The molecule has 0 aliphatic carbocycles. The Kier molecular flexibility index (Phi) is 4.75. The van der Waals surface area contributed by atoms with Crippen LogP contribution < -0.4 is 15.1 Å². The standard InChI is InChI=1S/C19H26N4O3/c1-13(21-9-11-22(12-10-21)14(2)24)17(25)23-16-8-6-5-7-15(16)20-18(26)19(23,3)4/h5-8,13H,9-12H2,1-4H3,(H,20,26)/p+1/t13-/m0/s1. The normalized spacial score (nSPS) is 21.0. The third-order valence-corrected chi connectivity index (χ3v) is 5.56. The number of amides is 3. The van der Waals surface area contributed by atoms with Crippen LogP contribution in [-0.4, -0.2) is 60.4 Å². The van der Waals surface area contributed by atoms with Gasteiger partial charge in [0.15, 0.2) is 6.04 Å². The van der Waals surface area contributed by atoms with Gasteiger partial charge in [0.05, 0.1) is 37.6 Å². The number of para-hydroxylation sites is 2. The molecule has 7 nitrogen and oxygen atoms in total. The molecule has 0 spiro atoms. The summed E-state index contributed by atoms with van der Waals surface area (Å²) in [6.07, 6.45) is 0. The van der Waals surface area contributed by atoms with Crippen molar-refractivity contribution in [2.45, 2.75) is 39.3 Å². The van der Waals surface area contributed by atoms with E-state index in [2.05, 4.69) is 5.32 Å². The van der Waals surface area contributed by atoms with E-state index in [1.807, 2.05) is 36.1 Å². The van der Waals surface area contributed by atoms with E-state index >= 15 is 0 Å². The van der Waals surface area contributed by atoms with E-state index in [1.165, 1.54) is 0 Å². The summed E-state index contributed by atoms with van der Waals surface area (Å²) in [5, 5.41) is 2.89. The molecule has 0 radical (unpaired) electrons. The van der Waals surface area contributed by atoms with Gasteiger partial charge >= 0.3 is 0 Å². The molecule has 2 N–H and O–H groups in total. The van der Waals surface area contributed by atoms with Crippen LogP contribution in [0, 0.1) is 0 Å². The van der Waals surface area contributed by atoms with Crippen LogP contribution >= 0.6 is 0 Å². The van der Waals surface area contributed by atoms with Crippen LogP contribution in [0.5, 0.6) is 0 Å². The fraction of sp³-hybridized carbons (Fsp3) is 0.526. The first-order valence-corrected chi connectivity index (χ1v) is 9.08. The second-order valence-corrected chi connectivity index (χ2v) is 7.59. The molecule has 1 atom stereocenters. The highest BCUT2D eigenvalue weighted by molar-refractivity contribution is 6.14. The van der Waals surface area contributed by atoms with Gasteiger partial charge in [-0.15, -0.1) is 0 Å². The van der Waals surface area contributed by atoms with Gasteiger partial charge in [-0.25, -0.2) is 0 Å². The molecule has 0 unspecified atom stereocenters. The van der Waals surface area contributed by atoms with Crippen LogP contribution in [0.3, 0.4) is 0 Å². The molecule has 3 rings (SSSR count). The lowest BCUT2D eigenvalue weighted by atomic mass is 9.95. The number of nitrogens with zero attached hydrogens (tertiary/aromatic N) is 2. The van der Waals surface area contributed by atoms with Crippen molar-refractivity contribution in [1.29, 1.82) is 0 Å². The molecule has 1 fully saturated rings. The van der Waals surface area contributed by atoms with Crippen molar-refractivity contribution in [1.82, 2.24) is 4.90 Å². The Bertz CT molecular complexity index is 738. The number of anilines is 2. The maximum absolute atomic E-state index is 13.4. The molecule has 140 valence electrons. The minimum Gasteiger partial charge on any atom is -0.332 e. The first-order chi connectivity index (χ1) is 12.2. The van der Waals surface area contributed by atoms with Crippen LogP contribution in [0.15, 0.2) is 24.3 Å². The fourth-order valence-corrected chi connectivity index (χ4v) is 3.76. The Morgan fingerprint density at radius 1 is 1.19 bits per heavy atom. The quantitative estimate of drug-likeness (QED) is 0.774. The van der Waals surface area contributed by atoms with Crippen molar-refractivity contribution >= 4 is 29.1 Å². The highest BCUT2D eigenvalue weighted by atomic mass is 16.2. The summed E-state index contributed by atoms with van der Waals surface area (Å²) in [6.45, 7) is 9.80. The lowest BCUT2D eigenvalue weighted by molar-refractivity contribution is -0.917. The molecule has 3 amide bonds. The monoisotopic (exact) mass is 359 g/mol. The van der Waals surface area contributed by atoms with Crippen LogP contribution in [0.4, 0.5) is 11.4 Å². The van der Waals surface area contributed by atoms with Crippen molar-refractivity contribution < 1.29 is 19.3 Å². The second kappa shape index (κ2) is 6.72. The molecule has 0 aromatic heterocycles. The Morgan fingerprint density at radius 2 is 1.81 bits per heavy atom. The van der Waals surface area contributed by atoms with Gasteiger partial charge in [-0.05, 0) is 32.9 Å². The number of carbonyl (C=O) groups excluding carboxylic acids is 3. The summed E-state index contributed by atoms with van der Waals surface area (Å²) in [7, 11) is 0. The molecule has 0 saturated carbocycles. The Balaban J connectivity index is 1.84. The molecule has 1 aromatic rings. The highest BCUT2D eigenvalue weighted by Crippen LogP contribution is 2.36. The SMILES string of the molecule is CC(=O)N1CC[NH+]([C@@H](C)C(=O)N2c3ccccc3NC(=O)C2(C)C)CC1. The zero-order chi connectivity index (χ0) is 19.1. The minimum atomic E-state index is -0.958. The molecule has 0 bridgehead atoms. The molecular formula is C19H27N4O3+. The number of benzene rings is 1. The van der Waals surface area contributed by atoms with E-state index in [4.69, 9.17) is 0 Å². The van der Waals surface area contributed by atoms with Crippen LogP contribution in [-0.2, 0) is 14.4 Å². The number of rotatable bonds is 2. The second-order valence-electron chi connectivity index (χ2n) is 7.59. The summed E-state index contributed by atoms with van der Waals surface area (Å²) in [5.74, 6) is -0.178. The van der Waals surface area contributed by atoms with Crippen molar-refractivity contribution in [3.05, 3.63) is 24.3 Å². The third kappa shape index (κ3) is 3.07. The number of quaternary nitrogens is 1. The molecule has 1 saturated heterocycles. The van der Waals surface area contributed by atoms with E-state index in [9.17, 15) is 14.4 Å². The fourth-order valence-electron chi connectivity index (χ4n) is 3.76. The predicted molar refractivity (Wildman–Crippen MR) is 99.0 cm³/mol. The topological polar surface area (TPSA) is 74.2 Å². The van der Waals surface area contributed by atoms with Crippen LogP contribution in [0.1, 0.15) is 27.7 Å². The predicted octanol–water partition coefficient (Wildman–Crippen LogP) is -0.114. The Morgan fingerprint density at radius 3 is 2.42 bits per heavy atom. The average Bonchev–Trinajstić information content (AvgIpc) is 2.61. The van der Waals surface area contributed by atoms with E-state index in [-0.39, 0.29) is 23.8 Å². The Labute approximate surface area is 153 Å². The van der Waals surface area contributed by atoms with Crippen molar-refractivity contribution in [2.75, 3.05) is 36.4 Å². The van der Waals surface area contributed by atoms with Crippen molar-refractivity contribution in [3.63, 3.8) is 0 Å². The summed E-state index contributed by atoms with van der Waals surface area (Å²) in [5.41, 5.74) is 0.435. The van der Waals surface area contributed by atoms with Crippen LogP contribution in [0.2, 0.25) is 0 Å². The third-order valence-electron chi connectivity index (χ3n) is 5.56. The first-order valence-electron chi connectivity index (χ1n) is 9.08. The molecule has 1 aromatic carbocycles. The lowest BCUT2D eigenvalue weighted by Gasteiger charge is -2.44. The van der Waals surface area contributed by atoms with E-state index in [0.29, 0.717) is 18.8 Å². The summed E-state index contributed by atoms with van der Waals surface area (Å²) in [6, 6.07) is 7.10. The number of fused-ring (bicyclic) bond motifs is 1. The largest absolute Gasteiger partial charge is 0.332 e. The highest BCUT2D eigenvalue weighted by Gasteiger charge is 2.46. The van der Waals surface area contributed by atoms with Crippen molar-refractivity contribution in [2.24, 2.45) is 0 Å². The number of hydrogen-bond donors (Lipinski definition) is 2. The Hall–Kier alpha value is -2.41. The van der Waals surface area contributed by atoms with Crippen molar-refractivity contribution in [3.8, 4) is 0 Å². The maximum Gasteiger partial charge on any atom is 0.285 e. The number of carbonyl (C=O) groups is 3. The molecule has 2 heterocycles. The maximum atomic E-state index is 13.4. The molecule has 2 aliphatic rings. The van der Waals surface area contributed by atoms with Crippen LogP contribution in [0.25, 0.3) is 0 Å². The molecule has 2 aliphatic heterocycles. The number of nitrogens with one attached hydrogen (secondary N) is 2. The molecule has 7 heteroatoms. The van der Waals surface area contributed by atoms with Gasteiger partial charge in [-0.2, -0.15) is 0 Å². The zero-order valence-electron chi connectivity index (χ0n) is 15.8. The number of piperazine rings is 1.